The Balaban J connectivity index is 2.02. The number of thiol groups is 1. The summed E-state index contributed by atoms with van der Waals surface area (Å²) in [6.07, 6.45) is 2.40. The van der Waals surface area contributed by atoms with Gasteiger partial charge in [-0.25, -0.2) is 0 Å². The minimum absolute atomic E-state index is 0.0108. The van der Waals surface area contributed by atoms with Gasteiger partial charge in [0, 0.05) is 6.42 Å². The van der Waals surface area contributed by atoms with E-state index in [4.69, 9.17) is 0 Å². The number of carbonyl (C=O) groups excluding carboxylic acids is 3. The van der Waals surface area contributed by atoms with E-state index < -0.39 is 17.9 Å². The first-order valence-corrected chi connectivity index (χ1v) is 6.35. The molecule has 1 aliphatic heterocycles. The Morgan fingerprint density at radius 2 is 2.18 bits per heavy atom. The van der Waals surface area contributed by atoms with Crippen molar-refractivity contribution < 1.29 is 14.4 Å². The molecule has 0 spiro atoms. The van der Waals surface area contributed by atoms with Crippen LogP contribution in [-0.2, 0) is 14.4 Å². The third-order valence-electron chi connectivity index (χ3n) is 3.56. The maximum Gasteiger partial charge on any atom is 0.249 e. The predicted octanol–water partition coefficient (Wildman–Crippen LogP) is -0.0400. The summed E-state index contributed by atoms with van der Waals surface area (Å²) in [6, 6.07) is -0.559. The molecule has 0 aromatic rings. The molecule has 5 nitrogen and oxygen atoms in total. The molecule has 0 aromatic carbocycles. The number of imide groups is 1. The van der Waals surface area contributed by atoms with Gasteiger partial charge in [-0.15, -0.1) is 0 Å². The highest BCUT2D eigenvalue weighted by Gasteiger charge is 2.45. The van der Waals surface area contributed by atoms with Gasteiger partial charge in [0.05, 0.1) is 0 Å². The van der Waals surface area contributed by atoms with Gasteiger partial charge >= 0.3 is 0 Å². The minimum atomic E-state index is -0.559. The van der Waals surface area contributed by atoms with Crippen molar-refractivity contribution in [2.24, 2.45) is 5.41 Å². The Hall–Kier alpha value is -1.04. The Morgan fingerprint density at radius 1 is 1.53 bits per heavy atom. The van der Waals surface area contributed by atoms with Crippen molar-refractivity contribution in [2.75, 3.05) is 12.3 Å². The molecule has 0 aromatic heterocycles. The summed E-state index contributed by atoms with van der Waals surface area (Å²) in [5, 5.41) is 2.22. The van der Waals surface area contributed by atoms with Crippen LogP contribution in [0.2, 0.25) is 0 Å². The molecular formula is C11H16N2O3S. The van der Waals surface area contributed by atoms with E-state index >= 15 is 0 Å². The minimum Gasteiger partial charge on any atom is -0.322 e. The van der Waals surface area contributed by atoms with Gasteiger partial charge in [0.15, 0.2) is 0 Å². The van der Waals surface area contributed by atoms with Gasteiger partial charge in [-0.3, -0.25) is 19.7 Å². The standard InChI is InChI=1S/C11H16N2O3S/c1-7-10(16)12-8(14)5-13(7)9(15)4-11(6-17)2-3-11/h7,17H,2-6H2,1H3,(H,12,14,16). The van der Waals surface area contributed by atoms with Crippen LogP contribution >= 0.6 is 12.6 Å². The van der Waals surface area contributed by atoms with Gasteiger partial charge in [0.1, 0.15) is 12.6 Å². The Morgan fingerprint density at radius 3 is 2.71 bits per heavy atom. The van der Waals surface area contributed by atoms with Crippen molar-refractivity contribution >= 4 is 30.4 Å². The molecule has 17 heavy (non-hydrogen) atoms. The zero-order valence-electron chi connectivity index (χ0n) is 9.73. The molecule has 2 fully saturated rings. The molecule has 94 valence electrons. The Bertz CT molecular complexity index is 379. The van der Waals surface area contributed by atoms with Gasteiger partial charge in [-0.1, -0.05) is 0 Å². The number of nitrogens with zero attached hydrogens (tertiary/aromatic N) is 1. The molecule has 1 atom stereocenters. The zero-order valence-corrected chi connectivity index (χ0v) is 10.6. The van der Waals surface area contributed by atoms with E-state index in [1.54, 1.807) is 6.92 Å². The van der Waals surface area contributed by atoms with E-state index in [0.29, 0.717) is 12.2 Å². The van der Waals surface area contributed by atoms with Gasteiger partial charge < -0.3 is 4.90 Å². The zero-order chi connectivity index (χ0) is 12.6. The average Bonchev–Trinajstić information content (AvgIpc) is 3.03. The highest BCUT2D eigenvalue weighted by atomic mass is 32.1. The van der Waals surface area contributed by atoms with Crippen LogP contribution in [0.5, 0.6) is 0 Å². The van der Waals surface area contributed by atoms with E-state index in [1.165, 1.54) is 4.90 Å². The van der Waals surface area contributed by atoms with Crippen LogP contribution in [0.15, 0.2) is 0 Å². The lowest BCUT2D eigenvalue weighted by molar-refractivity contribution is -0.150. The number of nitrogens with one attached hydrogen (secondary N) is 1. The number of hydrogen-bond donors (Lipinski definition) is 2. The van der Waals surface area contributed by atoms with Crippen LogP contribution in [0.1, 0.15) is 26.2 Å². The summed E-state index contributed by atoms with van der Waals surface area (Å²) in [6.45, 7) is 1.62. The van der Waals surface area contributed by atoms with Crippen molar-refractivity contribution in [3.8, 4) is 0 Å². The van der Waals surface area contributed by atoms with Crippen LogP contribution < -0.4 is 5.32 Å². The van der Waals surface area contributed by atoms with Crippen molar-refractivity contribution in [3.63, 3.8) is 0 Å². The first-order chi connectivity index (χ1) is 7.97. The quantitative estimate of drug-likeness (QED) is 0.550. The van der Waals surface area contributed by atoms with Crippen LogP contribution in [0.3, 0.4) is 0 Å². The van der Waals surface area contributed by atoms with Gasteiger partial charge in [-0.2, -0.15) is 12.6 Å². The largest absolute Gasteiger partial charge is 0.322 e. The molecule has 2 aliphatic rings. The topological polar surface area (TPSA) is 66.5 Å². The maximum atomic E-state index is 12.1. The fourth-order valence-corrected chi connectivity index (χ4v) is 2.44. The van der Waals surface area contributed by atoms with Gasteiger partial charge in [-0.05, 0) is 30.9 Å². The number of amides is 3. The van der Waals surface area contributed by atoms with Crippen molar-refractivity contribution in [2.45, 2.75) is 32.2 Å². The smallest absolute Gasteiger partial charge is 0.249 e. The molecule has 3 amide bonds. The molecule has 0 radical (unpaired) electrons. The lowest BCUT2D eigenvalue weighted by atomic mass is 10.0. The Labute approximate surface area is 105 Å². The summed E-state index contributed by atoms with van der Waals surface area (Å²) >= 11 is 4.24. The summed E-state index contributed by atoms with van der Waals surface area (Å²) in [5.74, 6) is -0.240. The first-order valence-electron chi connectivity index (χ1n) is 5.71. The van der Waals surface area contributed by atoms with Gasteiger partial charge in [0.25, 0.3) is 0 Å². The molecule has 2 rings (SSSR count). The molecule has 1 unspecified atom stereocenters. The molecule has 0 bridgehead atoms. The van der Waals surface area contributed by atoms with Gasteiger partial charge in [0.2, 0.25) is 17.7 Å². The summed E-state index contributed by atoms with van der Waals surface area (Å²) in [4.78, 5) is 36.1. The van der Waals surface area contributed by atoms with E-state index in [1.807, 2.05) is 0 Å². The molecule has 1 N–H and O–H groups in total. The van der Waals surface area contributed by atoms with Crippen LogP contribution in [0.25, 0.3) is 0 Å². The number of rotatable bonds is 3. The van der Waals surface area contributed by atoms with Crippen LogP contribution in [0.4, 0.5) is 0 Å². The molecule has 1 saturated heterocycles. The Kier molecular flexibility index (Phi) is 3.16. The highest BCUT2D eigenvalue weighted by molar-refractivity contribution is 7.80. The second-order valence-corrected chi connectivity index (χ2v) is 5.26. The van der Waals surface area contributed by atoms with E-state index in [0.717, 1.165) is 12.8 Å². The normalized spacial score (nSPS) is 26.7. The van der Waals surface area contributed by atoms with E-state index in [2.05, 4.69) is 17.9 Å². The monoisotopic (exact) mass is 256 g/mol. The SMILES string of the molecule is CC1C(=O)NC(=O)CN1C(=O)CC1(CS)CC1. The van der Waals surface area contributed by atoms with E-state index in [-0.39, 0.29) is 17.9 Å². The van der Waals surface area contributed by atoms with Crippen molar-refractivity contribution in [1.29, 1.82) is 0 Å². The van der Waals surface area contributed by atoms with Crippen molar-refractivity contribution in [3.05, 3.63) is 0 Å². The number of piperazine rings is 1. The molecule has 1 heterocycles. The summed E-state index contributed by atoms with van der Waals surface area (Å²) < 4.78 is 0. The van der Waals surface area contributed by atoms with E-state index in [9.17, 15) is 14.4 Å². The first kappa shape index (κ1) is 12.4. The molecule has 1 saturated carbocycles. The molecule has 6 heteroatoms. The van der Waals surface area contributed by atoms with Crippen LogP contribution in [0, 0.1) is 5.41 Å². The second kappa shape index (κ2) is 4.33. The fraction of sp³-hybridized carbons (Fsp3) is 0.727. The third-order valence-corrected chi connectivity index (χ3v) is 4.23. The number of hydrogen-bond acceptors (Lipinski definition) is 4. The maximum absolute atomic E-state index is 12.1. The highest BCUT2D eigenvalue weighted by Crippen LogP contribution is 2.49. The summed E-state index contributed by atoms with van der Waals surface area (Å²) in [7, 11) is 0. The average molecular weight is 256 g/mol. The fourth-order valence-electron chi connectivity index (χ4n) is 2.01. The molecule has 1 aliphatic carbocycles. The predicted molar refractivity (Wildman–Crippen MR) is 64.5 cm³/mol. The van der Waals surface area contributed by atoms with Crippen molar-refractivity contribution in [1.82, 2.24) is 10.2 Å². The molecular weight excluding hydrogens is 240 g/mol. The lowest BCUT2D eigenvalue weighted by Gasteiger charge is -2.32. The summed E-state index contributed by atoms with van der Waals surface area (Å²) in [5.41, 5.74) is 0.0108. The lowest BCUT2D eigenvalue weighted by Crippen LogP contribution is -2.58. The second-order valence-electron chi connectivity index (χ2n) is 4.94. The van der Waals surface area contributed by atoms with Crippen LogP contribution in [-0.4, -0.2) is 41.0 Å². The number of carbonyl (C=O) groups is 3. The third kappa shape index (κ3) is 2.46.